The van der Waals surface area contributed by atoms with Crippen molar-refractivity contribution in [3.63, 3.8) is 0 Å². The van der Waals surface area contributed by atoms with Gasteiger partial charge in [-0.25, -0.2) is 9.59 Å². The Morgan fingerprint density at radius 2 is 1.00 bits per heavy atom. The predicted octanol–water partition coefficient (Wildman–Crippen LogP) is 4.10. The Hall–Kier alpha value is -5.78. The molecule has 3 aromatic carbocycles. The zero-order valence-electron chi connectivity index (χ0n) is 23.7. The zero-order chi connectivity index (χ0) is 31.1. The number of ketones is 2. The zero-order valence-corrected chi connectivity index (χ0v) is 23.7. The van der Waals surface area contributed by atoms with Crippen LogP contribution in [0.3, 0.4) is 0 Å². The molecule has 2 unspecified atom stereocenters. The molecule has 0 aromatic heterocycles. The first-order valence-corrected chi connectivity index (χ1v) is 13.9. The monoisotopic (exact) mass is 594 g/mol. The van der Waals surface area contributed by atoms with E-state index >= 15 is 0 Å². The summed E-state index contributed by atoms with van der Waals surface area (Å²) < 4.78 is 12.1. The largest absolute Gasteiger partial charge is 0.449 e. The number of hydrogen-bond donors (Lipinski definition) is 2. The van der Waals surface area contributed by atoms with Crippen molar-refractivity contribution in [1.82, 2.24) is 10.6 Å². The Morgan fingerprint density at radius 1 is 0.591 bits per heavy atom. The molecule has 1 aliphatic carbocycles. The molecule has 44 heavy (non-hydrogen) atoms. The number of ether oxygens (including phenoxy) is 2. The molecule has 2 fully saturated rings. The van der Waals surface area contributed by atoms with E-state index in [0.29, 0.717) is 11.4 Å². The summed E-state index contributed by atoms with van der Waals surface area (Å²) in [6.45, 7) is 3.47. The Morgan fingerprint density at radius 3 is 1.39 bits per heavy atom. The van der Waals surface area contributed by atoms with Crippen molar-refractivity contribution >= 4 is 46.8 Å². The number of fused-ring (bicyclic) bond motifs is 1. The number of allylic oxidation sites excluding steroid dienone is 2. The molecule has 2 N–H and O–H groups in total. The highest BCUT2D eigenvalue weighted by atomic mass is 16.5. The molecule has 0 radical (unpaired) electrons. The van der Waals surface area contributed by atoms with Crippen molar-refractivity contribution in [3.8, 4) is 11.5 Å². The number of Topliss-reactive ketones (excluding diaryl/α,β-unsaturated/α-hetero) is 2. The second-order valence-electron chi connectivity index (χ2n) is 10.6. The maximum Gasteiger partial charge on any atom is 0.328 e. The minimum atomic E-state index is -0.590. The van der Waals surface area contributed by atoms with E-state index in [1.807, 2.05) is 0 Å². The summed E-state index contributed by atoms with van der Waals surface area (Å²) >= 11 is 0. The standard InChI is InChI=1S/C32H26N4O8/c1-17-13-25(37)33-31(41)35(17)19-7-5-9-21(15-19)43-29-27(39)23-11-3-4-12-24(23)28(40)30(29)44-22-10-6-8-20(16-22)36-18(2)14-26(38)34-32(36)42/h3-12,15-18H,13-14H2,1-2H3,(H,33,37,41)(H,34,38,42). The van der Waals surface area contributed by atoms with Crippen LogP contribution in [0, 0.1) is 0 Å². The fraction of sp³-hybridized carbons (Fsp3) is 0.188. The molecule has 12 heteroatoms. The van der Waals surface area contributed by atoms with E-state index in [2.05, 4.69) is 10.6 Å². The summed E-state index contributed by atoms with van der Waals surface area (Å²) in [5, 5.41) is 4.57. The van der Waals surface area contributed by atoms with Crippen molar-refractivity contribution in [3.05, 3.63) is 95.4 Å². The maximum absolute atomic E-state index is 13.7. The summed E-state index contributed by atoms with van der Waals surface area (Å²) in [5.74, 6) is -2.37. The molecule has 12 nitrogen and oxygen atoms in total. The minimum Gasteiger partial charge on any atom is -0.449 e. The molecule has 0 bridgehead atoms. The Kier molecular flexibility index (Phi) is 7.17. The van der Waals surface area contributed by atoms with E-state index in [9.17, 15) is 28.8 Å². The highest BCUT2D eigenvalue weighted by Gasteiger charge is 2.37. The molecule has 3 aromatic rings. The summed E-state index contributed by atoms with van der Waals surface area (Å²) in [4.78, 5) is 79.0. The van der Waals surface area contributed by atoms with Gasteiger partial charge in [-0.05, 0) is 38.1 Å². The molecule has 3 aliphatic rings. The number of amides is 6. The normalized spacial score (nSPS) is 20.3. The van der Waals surface area contributed by atoms with Crippen LogP contribution in [-0.4, -0.2) is 47.5 Å². The first kappa shape index (κ1) is 28.3. The molecule has 2 heterocycles. The first-order chi connectivity index (χ1) is 21.1. The number of carbonyl (C=O) groups excluding carboxylic acids is 6. The van der Waals surface area contributed by atoms with Gasteiger partial charge in [0.2, 0.25) is 34.9 Å². The molecule has 2 atom stereocenters. The number of benzene rings is 3. The SMILES string of the molecule is CC1CC(=O)NC(=O)N1c1cccc(OC2=C(Oc3cccc(N4C(=O)NC(=O)CC4C)c3)C(=O)c3ccccc3C2=O)c1. The van der Waals surface area contributed by atoms with Crippen molar-refractivity contribution in [2.75, 3.05) is 9.80 Å². The highest BCUT2D eigenvalue weighted by Crippen LogP contribution is 2.34. The van der Waals surface area contributed by atoms with Crippen LogP contribution in [0.25, 0.3) is 0 Å². The lowest BCUT2D eigenvalue weighted by Gasteiger charge is -2.33. The number of anilines is 2. The maximum atomic E-state index is 13.7. The van der Waals surface area contributed by atoms with Gasteiger partial charge in [0.25, 0.3) is 0 Å². The van der Waals surface area contributed by atoms with Crippen molar-refractivity contribution < 1.29 is 38.2 Å². The lowest BCUT2D eigenvalue weighted by molar-refractivity contribution is -0.121. The van der Waals surface area contributed by atoms with E-state index in [1.165, 1.54) is 34.1 Å². The molecule has 222 valence electrons. The van der Waals surface area contributed by atoms with Crippen LogP contribution in [0.1, 0.15) is 47.4 Å². The molecular weight excluding hydrogens is 568 g/mol. The number of imide groups is 2. The first-order valence-electron chi connectivity index (χ1n) is 13.9. The van der Waals surface area contributed by atoms with Gasteiger partial charge < -0.3 is 9.47 Å². The number of nitrogens with one attached hydrogen (secondary N) is 2. The van der Waals surface area contributed by atoms with Gasteiger partial charge in [-0.2, -0.15) is 0 Å². The van der Waals surface area contributed by atoms with Gasteiger partial charge in [0.15, 0.2) is 0 Å². The second-order valence-corrected chi connectivity index (χ2v) is 10.6. The molecular formula is C32H26N4O8. The molecule has 2 saturated heterocycles. The van der Waals surface area contributed by atoms with E-state index in [-0.39, 0.29) is 58.8 Å². The summed E-state index contributed by atoms with van der Waals surface area (Å²) in [6, 6.07) is 17.0. The predicted molar refractivity (Wildman–Crippen MR) is 156 cm³/mol. The van der Waals surface area contributed by atoms with Crippen LogP contribution in [0.2, 0.25) is 0 Å². The summed E-state index contributed by atoms with van der Waals surface area (Å²) in [6.07, 6.45) is 0.216. The third-order valence-electron chi connectivity index (χ3n) is 7.44. The fourth-order valence-electron chi connectivity index (χ4n) is 5.47. The topological polar surface area (TPSA) is 151 Å². The van der Waals surface area contributed by atoms with Gasteiger partial charge in [-0.3, -0.25) is 39.6 Å². The van der Waals surface area contributed by atoms with Crippen LogP contribution in [0.5, 0.6) is 11.5 Å². The van der Waals surface area contributed by atoms with Crippen LogP contribution in [-0.2, 0) is 9.59 Å². The lowest BCUT2D eigenvalue weighted by atomic mass is 9.92. The number of hydrogen-bond acceptors (Lipinski definition) is 8. The van der Waals surface area contributed by atoms with Crippen LogP contribution < -0.4 is 29.9 Å². The Bertz CT molecular complexity index is 1670. The number of rotatable bonds is 6. The highest BCUT2D eigenvalue weighted by molar-refractivity contribution is 6.25. The van der Waals surface area contributed by atoms with Crippen LogP contribution in [0.15, 0.2) is 84.3 Å². The van der Waals surface area contributed by atoms with Crippen molar-refractivity contribution in [1.29, 1.82) is 0 Å². The number of urea groups is 2. The Labute approximate surface area is 251 Å². The average molecular weight is 595 g/mol. The van der Waals surface area contributed by atoms with Gasteiger partial charge in [0.1, 0.15) is 11.5 Å². The number of nitrogens with zero attached hydrogens (tertiary/aromatic N) is 2. The van der Waals surface area contributed by atoms with E-state index in [4.69, 9.17) is 9.47 Å². The quantitative estimate of drug-likeness (QED) is 0.433. The molecule has 0 saturated carbocycles. The third kappa shape index (κ3) is 5.17. The van der Waals surface area contributed by atoms with Gasteiger partial charge >= 0.3 is 12.1 Å². The minimum absolute atomic E-state index is 0.108. The number of carbonyl (C=O) groups is 6. The Balaban J connectivity index is 1.37. The van der Waals surface area contributed by atoms with E-state index < -0.39 is 35.7 Å². The van der Waals surface area contributed by atoms with Crippen LogP contribution in [0.4, 0.5) is 21.0 Å². The summed E-state index contributed by atoms with van der Waals surface area (Å²) in [5.41, 5.74) is 1.10. The van der Waals surface area contributed by atoms with Crippen molar-refractivity contribution in [2.24, 2.45) is 0 Å². The van der Waals surface area contributed by atoms with Crippen LogP contribution >= 0.6 is 0 Å². The van der Waals surface area contributed by atoms with Gasteiger partial charge in [-0.1, -0.05) is 36.4 Å². The van der Waals surface area contributed by atoms with Crippen molar-refractivity contribution in [2.45, 2.75) is 38.8 Å². The van der Waals surface area contributed by atoms with E-state index in [0.717, 1.165) is 0 Å². The molecule has 0 spiro atoms. The molecule has 6 amide bonds. The lowest BCUT2D eigenvalue weighted by Crippen LogP contribution is -2.54. The smallest absolute Gasteiger partial charge is 0.328 e. The molecule has 6 rings (SSSR count). The summed E-state index contributed by atoms with van der Waals surface area (Å²) in [7, 11) is 0. The molecule has 2 aliphatic heterocycles. The van der Waals surface area contributed by atoms with Gasteiger partial charge in [0, 0.05) is 59.6 Å². The third-order valence-corrected chi connectivity index (χ3v) is 7.44. The van der Waals surface area contributed by atoms with E-state index in [1.54, 1.807) is 62.4 Å². The van der Waals surface area contributed by atoms with Gasteiger partial charge in [-0.15, -0.1) is 0 Å². The average Bonchev–Trinajstić information content (AvgIpc) is 2.97. The van der Waals surface area contributed by atoms with Gasteiger partial charge in [0.05, 0.1) is 0 Å². The second kappa shape index (κ2) is 11.1. The fourth-order valence-corrected chi connectivity index (χ4v) is 5.47.